The monoisotopic (exact) mass is 290 g/mol. The first kappa shape index (κ1) is 10.5. The van der Waals surface area contributed by atoms with Crippen LogP contribution in [0, 0.1) is 10.5 Å². The maximum atomic E-state index is 11.1. The summed E-state index contributed by atoms with van der Waals surface area (Å²) in [5, 5.41) is 0. The van der Waals surface area contributed by atoms with E-state index in [0.717, 1.165) is 14.7 Å². The average molecular weight is 290 g/mol. The lowest BCUT2D eigenvalue weighted by molar-refractivity contribution is -0.139. The average Bonchev–Trinajstić information content (AvgIpc) is 2.11. The van der Waals surface area contributed by atoms with Crippen LogP contribution in [0.3, 0.4) is 0 Å². The van der Waals surface area contributed by atoms with Gasteiger partial charge in [-0.3, -0.25) is 4.79 Å². The third-order valence-electron chi connectivity index (χ3n) is 1.90. The third kappa shape index (κ3) is 2.69. The van der Waals surface area contributed by atoms with E-state index in [1.165, 1.54) is 7.11 Å². The molecule has 0 spiro atoms. The van der Waals surface area contributed by atoms with Crippen molar-refractivity contribution in [3.63, 3.8) is 0 Å². The molecule has 2 nitrogen and oxygen atoms in total. The fraction of sp³-hybridized carbons (Fsp3) is 0.300. The number of carbonyl (C=O) groups is 1. The standard InChI is InChI=1S/C10H11IO2/c1-7-4-3-5-9(11)8(7)6-10(12)13-2/h3-5H,6H2,1-2H3. The van der Waals surface area contributed by atoms with Gasteiger partial charge in [-0.05, 0) is 46.7 Å². The van der Waals surface area contributed by atoms with Crippen molar-refractivity contribution < 1.29 is 9.53 Å². The number of hydrogen-bond acceptors (Lipinski definition) is 2. The van der Waals surface area contributed by atoms with Gasteiger partial charge in [-0.2, -0.15) is 0 Å². The Hall–Kier alpha value is -0.580. The second kappa shape index (κ2) is 4.60. The number of rotatable bonds is 2. The first-order valence-electron chi connectivity index (χ1n) is 3.96. The van der Waals surface area contributed by atoms with Gasteiger partial charge in [0.15, 0.2) is 0 Å². The molecule has 0 radical (unpaired) electrons. The largest absolute Gasteiger partial charge is 0.469 e. The summed E-state index contributed by atoms with van der Waals surface area (Å²) in [7, 11) is 1.41. The summed E-state index contributed by atoms with van der Waals surface area (Å²) in [5.41, 5.74) is 2.20. The molecule has 0 aromatic heterocycles. The van der Waals surface area contributed by atoms with E-state index in [1.807, 2.05) is 25.1 Å². The van der Waals surface area contributed by atoms with Crippen LogP contribution in [0.5, 0.6) is 0 Å². The summed E-state index contributed by atoms with van der Waals surface area (Å²) in [6.07, 6.45) is 0.363. The van der Waals surface area contributed by atoms with Crippen molar-refractivity contribution in [1.82, 2.24) is 0 Å². The van der Waals surface area contributed by atoms with Crippen LogP contribution in [-0.4, -0.2) is 13.1 Å². The van der Waals surface area contributed by atoms with Gasteiger partial charge in [-0.15, -0.1) is 0 Å². The van der Waals surface area contributed by atoms with Crippen molar-refractivity contribution in [3.05, 3.63) is 32.9 Å². The van der Waals surface area contributed by atoms with Crippen molar-refractivity contribution >= 4 is 28.6 Å². The fourth-order valence-corrected chi connectivity index (χ4v) is 1.93. The Labute approximate surface area is 91.4 Å². The molecular weight excluding hydrogens is 279 g/mol. The smallest absolute Gasteiger partial charge is 0.310 e. The molecule has 0 N–H and O–H groups in total. The van der Waals surface area contributed by atoms with Gasteiger partial charge in [0, 0.05) is 3.57 Å². The highest BCUT2D eigenvalue weighted by atomic mass is 127. The molecule has 0 saturated heterocycles. The molecule has 0 saturated carbocycles. The molecule has 0 aliphatic rings. The molecule has 0 atom stereocenters. The summed E-state index contributed by atoms with van der Waals surface area (Å²) < 4.78 is 5.74. The van der Waals surface area contributed by atoms with Crippen LogP contribution in [0.4, 0.5) is 0 Å². The van der Waals surface area contributed by atoms with Gasteiger partial charge in [0.25, 0.3) is 0 Å². The molecule has 1 aromatic rings. The van der Waals surface area contributed by atoms with Crippen molar-refractivity contribution in [2.45, 2.75) is 13.3 Å². The summed E-state index contributed by atoms with van der Waals surface area (Å²) in [5.74, 6) is -0.188. The summed E-state index contributed by atoms with van der Waals surface area (Å²) in [6, 6.07) is 5.98. The van der Waals surface area contributed by atoms with E-state index in [-0.39, 0.29) is 5.97 Å². The molecule has 0 bridgehead atoms. The minimum atomic E-state index is -0.188. The minimum Gasteiger partial charge on any atom is -0.469 e. The van der Waals surface area contributed by atoms with Crippen LogP contribution in [0.1, 0.15) is 11.1 Å². The molecule has 70 valence electrons. The molecular formula is C10H11IO2. The van der Waals surface area contributed by atoms with E-state index in [4.69, 9.17) is 0 Å². The number of esters is 1. The molecule has 3 heteroatoms. The SMILES string of the molecule is COC(=O)Cc1c(C)cccc1I. The maximum absolute atomic E-state index is 11.1. The third-order valence-corrected chi connectivity index (χ3v) is 2.91. The van der Waals surface area contributed by atoms with Crippen molar-refractivity contribution in [1.29, 1.82) is 0 Å². The Morgan fingerprint density at radius 1 is 1.54 bits per heavy atom. The number of hydrogen-bond donors (Lipinski definition) is 0. The Bertz CT molecular complexity index is 300. The highest BCUT2D eigenvalue weighted by Gasteiger charge is 2.08. The second-order valence-corrected chi connectivity index (χ2v) is 3.95. The first-order chi connectivity index (χ1) is 6.15. The summed E-state index contributed by atoms with van der Waals surface area (Å²) in [6.45, 7) is 2.00. The lowest BCUT2D eigenvalue weighted by atomic mass is 10.1. The van der Waals surface area contributed by atoms with Crippen LogP contribution >= 0.6 is 22.6 Å². The Morgan fingerprint density at radius 2 is 2.23 bits per heavy atom. The van der Waals surface area contributed by atoms with Crippen LogP contribution in [-0.2, 0) is 16.0 Å². The van der Waals surface area contributed by atoms with Gasteiger partial charge in [-0.25, -0.2) is 0 Å². The molecule has 0 aliphatic carbocycles. The first-order valence-corrected chi connectivity index (χ1v) is 5.04. The quantitative estimate of drug-likeness (QED) is 0.617. The van der Waals surface area contributed by atoms with Crippen LogP contribution in [0.15, 0.2) is 18.2 Å². The van der Waals surface area contributed by atoms with Gasteiger partial charge >= 0.3 is 5.97 Å². The van der Waals surface area contributed by atoms with Gasteiger partial charge in [0.05, 0.1) is 13.5 Å². The van der Waals surface area contributed by atoms with Crippen LogP contribution in [0.25, 0.3) is 0 Å². The van der Waals surface area contributed by atoms with E-state index in [2.05, 4.69) is 27.3 Å². The molecule has 0 fully saturated rings. The lowest BCUT2D eigenvalue weighted by Gasteiger charge is -2.06. The van der Waals surface area contributed by atoms with E-state index in [9.17, 15) is 4.79 Å². The van der Waals surface area contributed by atoms with Crippen molar-refractivity contribution in [2.24, 2.45) is 0 Å². The Kier molecular flexibility index (Phi) is 3.71. The van der Waals surface area contributed by atoms with Gasteiger partial charge < -0.3 is 4.74 Å². The van der Waals surface area contributed by atoms with Crippen LogP contribution in [0.2, 0.25) is 0 Å². The predicted molar refractivity (Wildman–Crippen MR) is 59.6 cm³/mol. The van der Waals surface area contributed by atoms with Crippen molar-refractivity contribution in [2.75, 3.05) is 7.11 Å². The molecule has 0 amide bonds. The minimum absolute atomic E-state index is 0.188. The van der Waals surface area contributed by atoms with Gasteiger partial charge in [0.2, 0.25) is 0 Å². The topological polar surface area (TPSA) is 26.3 Å². The number of aryl methyl sites for hydroxylation is 1. The zero-order valence-corrected chi connectivity index (χ0v) is 9.79. The molecule has 0 unspecified atom stereocenters. The number of methoxy groups -OCH3 is 1. The highest BCUT2D eigenvalue weighted by Crippen LogP contribution is 2.17. The Balaban J connectivity index is 2.93. The zero-order chi connectivity index (χ0) is 9.84. The molecule has 0 heterocycles. The zero-order valence-electron chi connectivity index (χ0n) is 7.63. The van der Waals surface area contributed by atoms with Crippen molar-refractivity contribution in [3.8, 4) is 0 Å². The highest BCUT2D eigenvalue weighted by molar-refractivity contribution is 14.1. The normalized spacial score (nSPS) is 9.77. The van der Waals surface area contributed by atoms with Gasteiger partial charge in [0.1, 0.15) is 0 Å². The van der Waals surface area contributed by atoms with E-state index >= 15 is 0 Å². The predicted octanol–water partition coefficient (Wildman–Crippen LogP) is 2.32. The molecule has 13 heavy (non-hydrogen) atoms. The molecule has 1 rings (SSSR count). The van der Waals surface area contributed by atoms with E-state index in [1.54, 1.807) is 0 Å². The molecule has 0 aliphatic heterocycles. The van der Waals surface area contributed by atoms with Crippen LogP contribution < -0.4 is 0 Å². The molecule has 1 aromatic carbocycles. The Morgan fingerprint density at radius 3 is 2.77 bits per heavy atom. The summed E-state index contributed by atoms with van der Waals surface area (Å²) >= 11 is 2.23. The van der Waals surface area contributed by atoms with E-state index < -0.39 is 0 Å². The lowest BCUT2D eigenvalue weighted by Crippen LogP contribution is -2.07. The number of ether oxygens (including phenoxy) is 1. The number of benzene rings is 1. The summed E-state index contributed by atoms with van der Waals surface area (Å²) in [4.78, 5) is 11.1. The number of carbonyl (C=O) groups excluding carboxylic acids is 1. The second-order valence-electron chi connectivity index (χ2n) is 2.79. The van der Waals surface area contributed by atoms with E-state index in [0.29, 0.717) is 6.42 Å². The van der Waals surface area contributed by atoms with Gasteiger partial charge in [-0.1, -0.05) is 12.1 Å². The number of halogens is 1. The fourth-order valence-electron chi connectivity index (χ4n) is 1.11. The maximum Gasteiger partial charge on any atom is 0.310 e.